The van der Waals surface area contributed by atoms with Crippen LogP contribution in [0.1, 0.15) is 16.8 Å². The Labute approximate surface area is 281 Å². The molecular weight excluding hydrogens is 653 g/mol. The highest BCUT2D eigenvalue weighted by Crippen LogP contribution is 2.21. The Morgan fingerprint density at radius 2 is 1.35 bits per heavy atom. The van der Waals surface area contributed by atoms with E-state index in [1.165, 1.54) is 53.2 Å². The fourth-order valence-corrected chi connectivity index (χ4v) is 5.08. The van der Waals surface area contributed by atoms with Gasteiger partial charge in [0.15, 0.2) is 0 Å². The maximum Gasteiger partial charge on any atom is 0.332 e. The van der Waals surface area contributed by atoms with Crippen molar-refractivity contribution in [3.63, 3.8) is 0 Å². The molecule has 0 spiro atoms. The number of rotatable bonds is 10. The van der Waals surface area contributed by atoms with Crippen molar-refractivity contribution < 1.29 is 19.2 Å². The number of halogens is 2. The van der Waals surface area contributed by atoms with E-state index in [4.69, 9.17) is 22.7 Å². The van der Waals surface area contributed by atoms with Crippen LogP contribution in [0.25, 0.3) is 0 Å². The Hall–Kier alpha value is -4.66. The number of carbonyl (C=O) groups excluding carboxylic acids is 4. The highest BCUT2D eigenvalue weighted by Gasteiger charge is 2.20. The number of nitrogens with one attached hydrogen (secondary N) is 2. The summed E-state index contributed by atoms with van der Waals surface area (Å²) in [4.78, 5) is 56.9. The maximum absolute atomic E-state index is 13.2. The predicted octanol–water partition coefficient (Wildman–Crippen LogP) is 5.53. The Balaban J connectivity index is 0.00000576. The zero-order chi connectivity index (χ0) is 32.7. The molecule has 0 unspecified atom stereocenters. The SMILES string of the molecule is CN(CCC(=N)N)C(=O)n1ccc(N(C)C(=O)n2ccc(N(C)C(=O)n3ccc(NC(=O)c4ccc(SCCCl)cc4)c3)c2)c1.Cl. The highest BCUT2D eigenvalue weighted by molar-refractivity contribution is 7.99. The van der Waals surface area contributed by atoms with E-state index in [2.05, 4.69) is 5.32 Å². The first-order valence-corrected chi connectivity index (χ1v) is 15.3. The van der Waals surface area contributed by atoms with E-state index in [1.807, 2.05) is 12.1 Å². The summed E-state index contributed by atoms with van der Waals surface area (Å²) >= 11 is 7.34. The number of amides is 4. The lowest BCUT2D eigenvalue weighted by Crippen LogP contribution is -2.33. The van der Waals surface area contributed by atoms with Gasteiger partial charge in [0.05, 0.1) is 22.9 Å². The summed E-state index contributed by atoms with van der Waals surface area (Å²) in [6.45, 7) is 0.289. The number of hydrogen-bond acceptors (Lipinski definition) is 6. The van der Waals surface area contributed by atoms with E-state index in [0.29, 0.717) is 28.5 Å². The first-order chi connectivity index (χ1) is 21.5. The number of amidine groups is 1. The Morgan fingerprint density at radius 3 is 1.89 bits per heavy atom. The molecule has 0 aliphatic carbocycles. The van der Waals surface area contributed by atoms with Crippen LogP contribution in [0, 0.1) is 5.41 Å². The molecule has 4 amide bonds. The minimum absolute atomic E-state index is 0. The standard InChI is InChI=1S/C30H34ClN9O4S.ClH/c1-35(13-11-26(32)33)28(42)39-15-9-23(19-39)37(3)30(44)40-16-10-24(20-40)36(2)29(43)38-14-8-22(18-38)34-27(41)21-4-6-25(7-5-21)45-17-12-31;/h4-10,14-16,18-20H,11-13,17H2,1-3H3,(H3,32,33)(H,34,41);1H. The second kappa shape index (κ2) is 16.1. The van der Waals surface area contributed by atoms with E-state index in [9.17, 15) is 19.2 Å². The summed E-state index contributed by atoms with van der Waals surface area (Å²) in [7, 11) is 4.76. The molecule has 0 saturated carbocycles. The molecule has 0 saturated heterocycles. The molecule has 1 aromatic carbocycles. The van der Waals surface area contributed by atoms with Gasteiger partial charge in [-0.1, -0.05) is 0 Å². The zero-order valence-corrected chi connectivity index (χ0v) is 27.8. The summed E-state index contributed by atoms with van der Waals surface area (Å²) in [5, 5.41) is 10.1. The average molecular weight is 689 g/mol. The number of alkyl halides is 1. The molecule has 244 valence electrons. The minimum atomic E-state index is -0.408. The zero-order valence-electron chi connectivity index (χ0n) is 25.4. The summed E-state index contributed by atoms with van der Waals surface area (Å²) in [5.41, 5.74) is 7.26. The van der Waals surface area contributed by atoms with E-state index < -0.39 is 12.1 Å². The van der Waals surface area contributed by atoms with Gasteiger partial charge in [0.1, 0.15) is 0 Å². The lowest BCUT2D eigenvalue weighted by Gasteiger charge is -2.18. The molecule has 0 aliphatic heterocycles. The van der Waals surface area contributed by atoms with E-state index in [1.54, 1.807) is 75.6 Å². The Bertz CT molecular complexity index is 1700. The molecule has 46 heavy (non-hydrogen) atoms. The number of carbonyl (C=O) groups is 4. The number of nitrogens with zero attached hydrogens (tertiary/aromatic N) is 6. The normalized spacial score (nSPS) is 10.5. The van der Waals surface area contributed by atoms with Gasteiger partial charge in [-0.25, -0.2) is 14.4 Å². The van der Waals surface area contributed by atoms with Crippen LogP contribution < -0.4 is 20.9 Å². The molecule has 3 heterocycles. The van der Waals surface area contributed by atoms with Crippen molar-refractivity contribution in [2.75, 3.05) is 54.4 Å². The molecule has 13 nitrogen and oxygen atoms in total. The third kappa shape index (κ3) is 8.74. The molecule has 4 aromatic rings. The summed E-state index contributed by atoms with van der Waals surface area (Å²) in [5.74, 6) is 1.01. The number of benzene rings is 1. The van der Waals surface area contributed by atoms with Gasteiger partial charge in [0, 0.05) is 93.4 Å². The largest absolute Gasteiger partial charge is 0.388 e. The fourth-order valence-electron chi connectivity index (χ4n) is 4.21. The van der Waals surface area contributed by atoms with Gasteiger partial charge in [0.25, 0.3) is 5.91 Å². The topological polar surface area (TPSA) is 155 Å². The maximum atomic E-state index is 13.2. The first kappa shape index (κ1) is 35.8. The molecule has 16 heteroatoms. The molecule has 3 aromatic heterocycles. The number of aromatic nitrogens is 3. The van der Waals surface area contributed by atoms with E-state index in [-0.39, 0.29) is 43.1 Å². The summed E-state index contributed by atoms with van der Waals surface area (Å²) in [6, 6.07) is 10.9. The molecule has 0 radical (unpaired) electrons. The summed E-state index contributed by atoms with van der Waals surface area (Å²) < 4.78 is 4.01. The van der Waals surface area contributed by atoms with Gasteiger partial charge in [-0.15, -0.1) is 35.8 Å². The monoisotopic (exact) mass is 687 g/mol. The van der Waals surface area contributed by atoms with Crippen molar-refractivity contribution in [2.24, 2.45) is 5.73 Å². The van der Waals surface area contributed by atoms with Crippen LogP contribution in [-0.4, -0.2) is 87.8 Å². The van der Waals surface area contributed by atoms with E-state index >= 15 is 0 Å². The average Bonchev–Trinajstić information content (AvgIpc) is 3.82. The van der Waals surface area contributed by atoms with Crippen molar-refractivity contribution in [1.29, 1.82) is 5.41 Å². The van der Waals surface area contributed by atoms with Gasteiger partial charge in [-0.05, 0) is 42.5 Å². The first-order valence-electron chi connectivity index (χ1n) is 13.8. The molecule has 0 atom stereocenters. The fraction of sp³-hybridized carbons (Fsp3) is 0.233. The van der Waals surface area contributed by atoms with Crippen molar-refractivity contribution in [2.45, 2.75) is 11.3 Å². The molecular formula is C30H35Cl2N9O4S. The molecule has 0 aliphatic rings. The van der Waals surface area contributed by atoms with Crippen molar-refractivity contribution in [3.05, 3.63) is 85.2 Å². The van der Waals surface area contributed by atoms with Gasteiger partial charge < -0.3 is 16.0 Å². The van der Waals surface area contributed by atoms with Crippen LogP contribution in [-0.2, 0) is 0 Å². The Kier molecular flexibility index (Phi) is 12.5. The lowest BCUT2D eigenvalue weighted by molar-refractivity contribution is 0.102. The predicted molar refractivity (Wildman–Crippen MR) is 185 cm³/mol. The summed E-state index contributed by atoms with van der Waals surface area (Å²) in [6.07, 6.45) is 9.46. The number of anilines is 3. The van der Waals surface area contributed by atoms with Crippen molar-refractivity contribution >= 4 is 82.7 Å². The van der Waals surface area contributed by atoms with Gasteiger partial charge in [0.2, 0.25) is 0 Å². The third-order valence-electron chi connectivity index (χ3n) is 6.82. The van der Waals surface area contributed by atoms with Crippen LogP contribution in [0.4, 0.5) is 31.4 Å². The highest BCUT2D eigenvalue weighted by atomic mass is 35.5. The van der Waals surface area contributed by atoms with Crippen LogP contribution in [0.2, 0.25) is 0 Å². The number of hydrogen-bond donors (Lipinski definition) is 3. The number of nitrogens with two attached hydrogens (primary N) is 1. The third-order valence-corrected chi connectivity index (χ3v) is 8.25. The quantitative estimate of drug-likeness (QED) is 0.0862. The van der Waals surface area contributed by atoms with Crippen LogP contribution >= 0.6 is 35.8 Å². The molecule has 0 fully saturated rings. The van der Waals surface area contributed by atoms with Gasteiger partial charge in [-0.2, -0.15) is 0 Å². The second-order valence-corrected chi connectivity index (χ2v) is 11.6. The van der Waals surface area contributed by atoms with Crippen molar-refractivity contribution in [1.82, 2.24) is 18.6 Å². The number of thioether (sulfide) groups is 1. The van der Waals surface area contributed by atoms with Crippen molar-refractivity contribution in [3.8, 4) is 0 Å². The Morgan fingerprint density at radius 1 is 0.826 bits per heavy atom. The molecule has 0 bridgehead atoms. The van der Waals surface area contributed by atoms with E-state index in [0.717, 1.165) is 10.6 Å². The van der Waals surface area contributed by atoms with Gasteiger partial charge >= 0.3 is 18.1 Å². The second-order valence-electron chi connectivity index (χ2n) is 10.0. The van der Waals surface area contributed by atoms with Crippen LogP contribution in [0.15, 0.2) is 84.5 Å². The van der Waals surface area contributed by atoms with Crippen LogP contribution in [0.3, 0.4) is 0 Å². The smallest absolute Gasteiger partial charge is 0.332 e. The van der Waals surface area contributed by atoms with Gasteiger partial charge in [-0.3, -0.25) is 33.7 Å². The lowest BCUT2D eigenvalue weighted by atomic mass is 10.2. The van der Waals surface area contributed by atoms with Crippen LogP contribution in [0.5, 0.6) is 0 Å². The minimum Gasteiger partial charge on any atom is -0.388 e. The molecule has 4 N–H and O–H groups in total. The molecule has 4 rings (SSSR count).